The van der Waals surface area contributed by atoms with Crippen molar-refractivity contribution in [1.82, 2.24) is 15.2 Å². The lowest BCUT2D eigenvalue weighted by Crippen LogP contribution is -2.54. The number of ether oxygens (including phenoxy) is 2. The van der Waals surface area contributed by atoms with Crippen LogP contribution in [-0.4, -0.2) is 47.0 Å². The molecule has 2 atom stereocenters. The fraction of sp³-hybridized carbons (Fsp3) is 0.357. The Morgan fingerprint density at radius 3 is 2.27 bits per heavy atom. The molecule has 2 amide bonds. The summed E-state index contributed by atoms with van der Waals surface area (Å²) in [5, 5.41) is 5.73. The minimum absolute atomic E-state index is 0.0278. The molecule has 3 aromatic rings. The van der Waals surface area contributed by atoms with Gasteiger partial charge in [-0.3, -0.25) is 9.59 Å². The number of aryl methyl sites for hydroxylation is 1. The number of amides is 2. The maximum atomic E-state index is 13.5. The number of rotatable bonds is 11. The lowest BCUT2D eigenvalue weighted by atomic mass is 10.0. The smallest absolute Gasteiger partial charge is 0.408 e. The summed E-state index contributed by atoms with van der Waals surface area (Å²) in [4.78, 5) is 52.0. The van der Waals surface area contributed by atoms with E-state index in [1.807, 2.05) is 56.3 Å². The Labute approximate surface area is 216 Å². The van der Waals surface area contributed by atoms with E-state index in [2.05, 4.69) is 10.6 Å². The zero-order chi connectivity index (χ0) is 26.9. The van der Waals surface area contributed by atoms with Crippen LogP contribution in [0, 0.1) is 5.92 Å². The van der Waals surface area contributed by atoms with Crippen molar-refractivity contribution in [2.75, 3.05) is 6.61 Å². The molecule has 0 bridgehead atoms. The van der Waals surface area contributed by atoms with Crippen molar-refractivity contribution in [1.29, 1.82) is 0 Å². The summed E-state index contributed by atoms with van der Waals surface area (Å²) in [5.41, 5.74) is 1.89. The topological polar surface area (TPSA) is 116 Å². The number of carbonyl (C=O) groups is 4. The second kappa shape index (κ2) is 12.7. The number of benzene rings is 2. The summed E-state index contributed by atoms with van der Waals surface area (Å²) in [6.45, 7) is 5.47. The molecular weight excluding hydrogens is 474 g/mol. The van der Waals surface area contributed by atoms with Crippen LogP contribution in [0.25, 0.3) is 10.9 Å². The normalized spacial score (nSPS) is 12.6. The van der Waals surface area contributed by atoms with Crippen molar-refractivity contribution in [3.63, 3.8) is 0 Å². The highest BCUT2D eigenvalue weighted by atomic mass is 16.5. The van der Waals surface area contributed by atoms with Crippen LogP contribution in [0.15, 0.2) is 60.8 Å². The fourth-order valence-corrected chi connectivity index (χ4v) is 4.00. The minimum atomic E-state index is -1.57. The van der Waals surface area contributed by atoms with Gasteiger partial charge in [0.25, 0.3) is 0 Å². The van der Waals surface area contributed by atoms with Gasteiger partial charge >= 0.3 is 12.1 Å². The van der Waals surface area contributed by atoms with E-state index in [0.29, 0.717) is 5.39 Å². The monoisotopic (exact) mass is 507 g/mol. The molecule has 2 N–H and O–H groups in total. The molecule has 0 fully saturated rings. The van der Waals surface area contributed by atoms with Crippen LogP contribution < -0.4 is 10.6 Å². The Bertz CT molecular complexity index is 1250. The molecule has 0 saturated carbocycles. The molecule has 9 heteroatoms. The lowest BCUT2D eigenvalue weighted by molar-refractivity contribution is -0.146. The largest absolute Gasteiger partial charge is 0.464 e. The Morgan fingerprint density at radius 1 is 0.919 bits per heavy atom. The Hall–Kier alpha value is -4.14. The molecule has 196 valence electrons. The van der Waals surface area contributed by atoms with Crippen LogP contribution in [-0.2, 0) is 32.7 Å². The molecule has 0 saturated heterocycles. The molecule has 0 aliphatic carbocycles. The quantitative estimate of drug-likeness (QED) is 0.232. The molecule has 1 aromatic heterocycles. The number of carbonyl (C=O) groups excluding carboxylic acids is 4. The molecule has 0 aliphatic heterocycles. The highest BCUT2D eigenvalue weighted by molar-refractivity contribution is 6.19. The van der Waals surface area contributed by atoms with Gasteiger partial charge in [-0.2, -0.15) is 0 Å². The second-order valence-corrected chi connectivity index (χ2v) is 9.12. The molecular formula is C28H33N3O6. The molecule has 2 aromatic carbocycles. The van der Waals surface area contributed by atoms with Gasteiger partial charge in [0, 0.05) is 29.7 Å². The van der Waals surface area contributed by atoms with Gasteiger partial charge in [0.15, 0.2) is 11.8 Å². The molecule has 3 rings (SSSR count). The molecule has 1 unspecified atom stereocenters. The third kappa shape index (κ3) is 7.19. The number of nitrogens with one attached hydrogen (secondary N) is 2. The van der Waals surface area contributed by atoms with Crippen molar-refractivity contribution >= 4 is 34.7 Å². The first-order valence-corrected chi connectivity index (χ1v) is 12.2. The van der Waals surface area contributed by atoms with Gasteiger partial charge in [-0.1, -0.05) is 62.4 Å². The standard InChI is InChI=1S/C28H33N3O6/c1-5-36-27(34)24(25(32)21-16-31(4)23-14-10-9-13-20(21)23)30-26(33)22(15-18(2)3)29-28(35)37-17-19-11-7-6-8-12-19/h6-14,16,18,22,24H,5,15,17H2,1-4H3,(H,29,35)(H,30,33)/t22-,24?/m0/s1. The van der Waals surface area contributed by atoms with Crippen LogP contribution in [0.4, 0.5) is 4.79 Å². The van der Waals surface area contributed by atoms with E-state index in [-0.39, 0.29) is 31.1 Å². The first-order valence-electron chi connectivity index (χ1n) is 12.2. The van der Waals surface area contributed by atoms with Crippen molar-refractivity contribution < 1.29 is 28.7 Å². The van der Waals surface area contributed by atoms with E-state index < -0.39 is 35.8 Å². The van der Waals surface area contributed by atoms with Gasteiger partial charge in [0.1, 0.15) is 12.6 Å². The fourth-order valence-electron chi connectivity index (χ4n) is 4.00. The first kappa shape index (κ1) is 27.4. The summed E-state index contributed by atoms with van der Waals surface area (Å²) in [7, 11) is 1.79. The van der Waals surface area contributed by atoms with E-state index in [0.717, 1.165) is 11.1 Å². The second-order valence-electron chi connectivity index (χ2n) is 9.12. The van der Waals surface area contributed by atoms with E-state index in [1.54, 1.807) is 36.9 Å². The van der Waals surface area contributed by atoms with Crippen molar-refractivity contribution in [2.45, 2.75) is 45.9 Å². The first-order chi connectivity index (χ1) is 17.7. The number of alkyl carbamates (subject to hydrolysis) is 1. The maximum absolute atomic E-state index is 13.5. The predicted molar refractivity (Wildman–Crippen MR) is 139 cm³/mol. The zero-order valence-electron chi connectivity index (χ0n) is 21.5. The highest BCUT2D eigenvalue weighted by Crippen LogP contribution is 2.22. The number of esters is 1. The number of hydrogen-bond acceptors (Lipinski definition) is 6. The van der Waals surface area contributed by atoms with E-state index in [1.165, 1.54) is 0 Å². The van der Waals surface area contributed by atoms with Gasteiger partial charge in [0.05, 0.1) is 6.61 Å². The average molecular weight is 508 g/mol. The molecule has 1 heterocycles. The van der Waals surface area contributed by atoms with E-state index in [9.17, 15) is 19.2 Å². The van der Waals surface area contributed by atoms with E-state index >= 15 is 0 Å². The molecule has 0 radical (unpaired) electrons. The van der Waals surface area contributed by atoms with E-state index in [4.69, 9.17) is 9.47 Å². The van der Waals surface area contributed by atoms with Crippen LogP contribution >= 0.6 is 0 Å². The van der Waals surface area contributed by atoms with Crippen LogP contribution in [0.1, 0.15) is 43.1 Å². The van der Waals surface area contributed by atoms with Crippen LogP contribution in [0.5, 0.6) is 0 Å². The third-order valence-corrected chi connectivity index (χ3v) is 5.76. The molecule has 37 heavy (non-hydrogen) atoms. The summed E-state index contributed by atoms with van der Waals surface area (Å²) < 4.78 is 12.1. The van der Waals surface area contributed by atoms with Crippen molar-refractivity contribution in [3.8, 4) is 0 Å². The summed E-state index contributed by atoms with van der Waals surface area (Å²) in [6.07, 6.45) is 1.11. The summed E-state index contributed by atoms with van der Waals surface area (Å²) >= 11 is 0. The Kier molecular flexibility index (Phi) is 9.43. The van der Waals surface area contributed by atoms with Crippen LogP contribution in [0.2, 0.25) is 0 Å². The van der Waals surface area contributed by atoms with Gasteiger partial charge in [-0.15, -0.1) is 0 Å². The number of hydrogen-bond donors (Lipinski definition) is 2. The van der Waals surface area contributed by atoms with Crippen molar-refractivity contribution in [2.24, 2.45) is 13.0 Å². The number of nitrogens with zero attached hydrogens (tertiary/aromatic N) is 1. The number of aromatic nitrogens is 1. The zero-order valence-corrected chi connectivity index (χ0v) is 21.5. The van der Waals surface area contributed by atoms with Gasteiger partial charge in [-0.25, -0.2) is 9.59 Å². The predicted octanol–water partition coefficient (Wildman–Crippen LogP) is 3.75. The number of para-hydroxylation sites is 1. The van der Waals surface area contributed by atoms with Gasteiger partial charge < -0.3 is 24.7 Å². The number of ketones is 1. The minimum Gasteiger partial charge on any atom is -0.464 e. The highest BCUT2D eigenvalue weighted by Gasteiger charge is 2.35. The van der Waals surface area contributed by atoms with Gasteiger partial charge in [-0.05, 0) is 30.9 Å². The number of fused-ring (bicyclic) bond motifs is 1. The SMILES string of the molecule is CCOC(=O)C(NC(=O)[C@H](CC(C)C)NC(=O)OCc1ccccc1)C(=O)c1cn(C)c2ccccc12. The van der Waals surface area contributed by atoms with Crippen LogP contribution in [0.3, 0.4) is 0 Å². The molecule has 9 nitrogen and oxygen atoms in total. The Morgan fingerprint density at radius 2 is 1.59 bits per heavy atom. The molecule has 0 spiro atoms. The third-order valence-electron chi connectivity index (χ3n) is 5.76. The summed E-state index contributed by atoms with van der Waals surface area (Å²) in [5.74, 6) is -2.13. The van der Waals surface area contributed by atoms with Gasteiger partial charge in [0.2, 0.25) is 5.91 Å². The summed E-state index contributed by atoms with van der Waals surface area (Å²) in [6, 6.07) is 13.8. The lowest BCUT2D eigenvalue weighted by Gasteiger charge is -2.23. The molecule has 0 aliphatic rings. The van der Waals surface area contributed by atoms with Crippen molar-refractivity contribution in [3.05, 3.63) is 71.9 Å². The number of Topliss-reactive ketones (excluding diaryl/α,β-unsaturated/α-hetero) is 1. The average Bonchev–Trinajstić information content (AvgIpc) is 3.22. The Balaban J connectivity index is 1.79. The maximum Gasteiger partial charge on any atom is 0.408 e.